The smallest absolute Gasteiger partial charge is 0.313 e. The van der Waals surface area contributed by atoms with E-state index in [1.165, 1.54) is 5.56 Å². The lowest BCUT2D eigenvalue weighted by Gasteiger charge is -2.52. The van der Waals surface area contributed by atoms with Crippen molar-refractivity contribution in [3.05, 3.63) is 23.9 Å². The number of nitrogens with zero attached hydrogens (tertiary/aromatic N) is 4. The van der Waals surface area contributed by atoms with Crippen LogP contribution in [0.5, 0.6) is 0 Å². The first-order valence-electron chi connectivity index (χ1n) is 11.9. The Kier molecular flexibility index (Phi) is 7.14. The van der Waals surface area contributed by atoms with Crippen LogP contribution in [0.4, 0.5) is 5.82 Å². The number of ether oxygens (including phenoxy) is 2. The van der Waals surface area contributed by atoms with Crippen molar-refractivity contribution in [3.8, 4) is 0 Å². The molecule has 0 spiro atoms. The fraction of sp³-hybridized carbons (Fsp3) is 0.750. The third-order valence-corrected chi connectivity index (χ3v) is 7.48. The first-order valence-corrected chi connectivity index (χ1v) is 11.9. The molecule has 0 N–H and O–H groups in total. The van der Waals surface area contributed by atoms with Crippen LogP contribution < -0.4 is 4.90 Å². The van der Waals surface area contributed by atoms with Crippen LogP contribution in [0.3, 0.4) is 0 Å². The Labute approximate surface area is 186 Å². The van der Waals surface area contributed by atoms with Gasteiger partial charge in [0, 0.05) is 52.5 Å². The molecule has 0 bridgehead atoms. The van der Waals surface area contributed by atoms with Crippen LogP contribution in [0, 0.1) is 11.3 Å². The van der Waals surface area contributed by atoms with Crippen LogP contribution in [-0.2, 0) is 20.8 Å². The molecular formula is C24H38N4O3. The highest BCUT2D eigenvalue weighted by Crippen LogP contribution is 2.48. The van der Waals surface area contributed by atoms with Gasteiger partial charge in [0.25, 0.3) is 0 Å². The Morgan fingerprint density at radius 3 is 2.74 bits per heavy atom. The van der Waals surface area contributed by atoms with E-state index in [1.54, 1.807) is 0 Å². The predicted molar refractivity (Wildman–Crippen MR) is 121 cm³/mol. The van der Waals surface area contributed by atoms with Crippen molar-refractivity contribution in [1.82, 2.24) is 14.8 Å². The van der Waals surface area contributed by atoms with Crippen LogP contribution in [0.15, 0.2) is 18.3 Å². The van der Waals surface area contributed by atoms with Gasteiger partial charge in [-0.15, -0.1) is 0 Å². The minimum Gasteiger partial charge on any atom is -0.466 e. The normalized spacial score (nSPS) is 29.9. The highest BCUT2D eigenvalue weighted by molar-refractivity contribution is 5.78. The van der Waals surface area contributed by atoms with Gasteiger partial charge in [-0.1, -0.05) is 6.07 Å². The third-order valence-electron chi connectivity index (χ3n) is 7.48. The predicted octanol–water partition coefficient (Wildman–Crippen LogP) is 2.40. The molecule has 3 heterocycles. The van der Waals surface area contributed by atoms with Crippen molar-refractivity contribution in [2.45, 2.75) is 45.2 Å². The van der Waals surface area contributed by atoms with E-state index < -0.39 is 0 Å². The summed E-state index contributed by atoms with van der Waals surface area (Å²) in [6, 6.07) is 4.79. The molecule has 1 saturated carbocycles. The third kappa shape index (κ3) is 4.89. The summed E-state index contributed by atoms with van der Waals surface area (Å²) in [7, 11) is 4.01. The topological polar surface area (TPSA) is 58.1 Å². The fourth-order valence-electron chi connectivity index (χ4n) is 5.77. The summed E-state index contributed by atoms with van der Waals surface area (Å²) < 4.78 is 11.2. The SMILES string of the molecule is CCOC(=O)[C@@]12CC[C@H](N3CCOCC3)C[C@H]1CCN(Cc1ccc(N(C)C)nc1)C2. The van der Waals surface area contributed by atoms with E-state index in [9.17, 15) is 4.79 Å². The van der Waals surface area contributed by atoms with Crippen molar-refractivity contribution in [1.29, 1.82) is 0 Å². The molecule has 2 saturated heterocycles. The van der Waals surface area contributed by atoms with Crippen molar-refractivity contribution in [2.24, 2.45) is 11.3 Å². The van der Waals surface area contributed by atoms with Crippen LogP contribution in [0.25, 0.3) is 0 Å². The number of esters is 1. The van der Waals surface area contributed by atoms with Gasteiger partial charge in [-0.3, -0.25) is 14.6 Å². The van der Waals surface area contributed by atoms with Crippen LogP contribution >= 0.6 is 0 Å². The lowest BCUT2D eigenvalue weighted by Crippen LogP contribution is -2.58. The zero-order valence-electron chi connectivity index (χ0n) is 19.4. The molecule has 1 aliphatic carbocycles. The Morgan fingerprint density at radius 1 is 1.26 bits per heavy atom. The van der Waals surface area contributed by atoms with Gasteiger partial charge in [-0.25, -0.2) is 4.98 Å². The maximum atomic E-state index is 13.3. The molecule has 3 fully saturated rings. The van der Waals surface area contributed by atoms with Gasteiger partial charge in [0.15, 0.2) is 0 Å². The summed E-state index contributed by atoms with van der Waals surface area (Å²) in [6.45, 7) is 8.73. The number of anilines is 1. The second-order valence-corrected chi connectivity index (χ2v) is 9.57. The molecule has 3 aliphatic rings. The molecule has 7 nitrogen and oxygen atoms in total. The summed E-state index contributed by atoms with van der Waals surface area (Å²) >= 11 is 0. The number of hydrogen-bond acceptors (Lipinski definition) is 7. The maximum absolute atomic E-state index is 13.3. The van der Waals surface area contributed by atoms with E-state index in [0.29, 0.717) is 18.6 Å². The van der Waals surface area contributed by atoms with E-state index in [-0.39, 0.29) is 11.4 Å². The number of likely N-dealkylation sites (tertiary alicyclic amines) is 1. The van der Waals surface area contributed by atoms with Crippen LogP contribution in [0.2, 0.25) is 0 Å². The van der Waals surface area contributed by atoms with Gasteiger partial charge in [0.2, 0.25) is 0 Å². The number of carbonyl (C=O) groups excluding carboxylic acids is 1. The molecule has 31 heavy (non-hydrogen) atoms. The number of morpholine rings is 1. The van der Waals surface area contributed by atoms with Gasteiger partial charge in [-0.05, 0) is 56.7 Å². The van der Waals surface area contributed by atoms with Gasteiger partial charge in [0.1, 0.15) is 5.82 Å². The summed E-state index contributed by atoms with van der Waals surface area (Å²) in [5.74, 6) is 1.39. The summed E-state index contributed by atoms with van der Waals surface area (Å²) in [4.78, 5) is 24.9. The number of fused-ring (bicyclic) bond motifs is 1. The zero-order valence-corrected chi connectivity index (χ0v) is 19.4. The molecule has 0 unspecified atom stereocenters. The first kappa shape index (κ1) is 22.5. The molecular weight excluding hydrogens is 392 g/mol. The van der Waals surface area contributed by atoms with Gasteiger partial charge in [-0.2, -0.15) is 0 Å². The summed E-state index contributed by atoms with van der Waals surface area (Å²) in [5.41, 5.74) is 0.832. The second kappa shape index (κ2) is 9.84. The highest BCUT2D eigenvalue weighted by atomic mass is 16.5. The quantitative estimate of drug-likeness (QED) is 0.643. The molecule has 1 aromatic rings. The van der Waals surface area contributed by atoms with Crippen molar-refractivity contribution in [2.75, 3.05) is 65.0 Å². The van der Waals surface area contributed by atoms with E-state index in [2.05, 4.69) is 26.9 Å². The number of carbonyl (C=O) groups is 1. The number of rotatable bonds is 6. The van der Waals surface area contributed by atoms with E-state index >= 15 is 0 Å². The molecule has 172 valence electrons. The van der Waals surface area contributed by atoms with Crippen LogP contribution in [0.1, 0.15) is 38.2 Å². The van der Waals surface area contributed by atoms with Gasteiger partial charge >= 0.3 is 5.97 Å². The number of piperidine rings is 1. The Bertz CT molecular complexity index is 735. The highest BCUT2D eigenvalue weighted by Gasteiger charge is 2.53. The number of hydrogen-bond donors (Lipinski definition) is 0. The standard InChI is InChI=1S/C24H38N4O3/c1-4-31-23(29)24-9-7-21(28-11-13-30-14-12-28)15-20(24)8-10-27(18-24)17-19-5-6-22(25-16-19)26(2)3/h5-6,16,20-21H,4,7-15,17-18H2,1-3H3/t20-,21+,24-/m1/s1. The monoisotopic (exact) mass is 430 g/mol. The minimum atomic E-state index is -0.367. The maximum Gasteiger partial charge on any atom is 0.313 e. The Hall–Kier alpha value is -1.70. The first-order chi connectivity index (χ1) is 15.0. The largest absolute Gasteiger partial charge is 0.466 e. The average Bonchev–Trinajstić information content (AvgIpc) is 2.79. The molecule has 2 aliphatic heterocycles. The summed E-state index contributed by atoms with van der Waals surface area (Å²) in [5, 5.41) is 0. The number of pyridine rings is 1. The summed E-state index contributed by atoms with van der Waals surface area (Å²) in [6.07, 6.45) is 6.12. The minimum absolute atomic E-state index is 0.0196. The van der Waals surface area contributed by atoms with Crippen LogP contribution in [-0.4, -0.2) is 86.9 Å². The lowest BCUT2D eigenvalue weighted by atomic mass is 9.61. The Morgan fingerprint density at radius 2 is 2.06 bits per heavy atom. The molecule has 0 amide bonds. The zero-order chi connectivity index (χ0) is 21.8. The molecule has 4 rings (SSSR count). The van der Waals surface area contributed by atoms with Gasteiger partial charge in [0.05, 0.1) is 25.2 Å². The molecule has 0 aromatic carbocycles. The molecule has 7 heteroatoms. The van der Waals surface area contributed by atoms with E-state index in [0.717, 1.165) is 77.4 Å². The fourth-order valence-corrected chi connectivity index (χ4v) is 5.77. The molecule has 3 atom stereocenters. The van der Waals surface area contributed by atoms with E-state index in [1.807, 2.05) is 32.1 Å². The average molecular weight is 431 g/mol. The molecule has 0 radical (unpaired) electrons. The second-order valence-electron chi connectivity index (χ2n) is 9.57. The molecule has 1 aromatic heterocycles. The Balaban J connectivity index is 1.46. The lowest BCUT2D eigenvalue weighted by molar-refractivity contribution is -0.170. The van der Waals surface area contributed by atoms with E-state index in [4.69, 9.17) is 9.47 Å². The van der Waals surface area contributed by atoms with Gasteiger partial charge < -0.3 is 14.4 Å². The van der Waals surface area contributed by atoms with Crippen molar-refractivity contribution >= 4 is 11.8 Å². The van der Waals surface area contributed by atoms with Crippen molar-refractivity contribution < 1.29 is 14.3 Å². The van der Waals surface area contributed by atoms with Crippen molar-refractivity contribution in [3.63, 3.8) is 0 Å². The number of aromatic nitrogens is 1.